The molecule has 0 saturated heterocycles. The molecular formula is C16H31N. The van der Waals surface area contributed by atoms with E-state index < -0.39 is 0 Å². The van der Waals surface area contributed by atoms with Gasteiger partial charge in [0.2, 0.25) is 0 Å². The molecule has 1 nitrogen and oxygen atoms in total. The lowest BCUT2D eigenvalue weighted by atomic mass is 9.81. The highest BCUT2D eigenvalue weighted by atomic mass is 14.8. The normalized spacial score (nSPS) is 26.5. The van der Waals surface area contributed by atoms with E-state index in [1.165, 1.54) is 32.1 Å². The Kier molecular flexibility index (Phi) is 6.87. The molecule has 1 saturated carbocycles. The van der Waals surface area contributed by atoms with Crippen LogP contribution in [0, 0.1) is 17.8 Å². The minimum Gasteiger partial charge on any atom is -0.313 e. The molecule has 0 heterocycles. The fourth-order valence-corrected chi connectivity index (χ4v) is 2.62. The molecule has 0 aromatic rings. The maximum Gasteiger partial charge on any atom is 0.0167 e. The molecule has 1 N–H and O–H groups in total. The van der Waals surface area contributed by atoms with E-state index in [9.17, 15) is 0 Å². The summed E-state index contributed by atoms with van der Waals surface area (Å²) in [6.45, 7) is 11.5. The third-order valence-electron chi connectivity index (χ3n) is 4.01. The smallest absolute Gasteiger partial charge is 0.0167 e. The van der Waals surface area contributed by atoms with Gasteiger partial charge >= 0.3 is 0 Å². The van der Waals surface area contributed by atoms with E-state index in [-0.39, 0.29) is 0 Å². The molecule has 1 fully saturated rings. The Bertz CT molecular complexity index is 222. The molecule has 0 aliphatic heterocycles. The summed E-state index contributed by atoms with van der Waals surface area (Å²) >= 11 is 0. The predicted molar refractivity (Wildman–Crippen MR) is 77.2 cm³/mol. The summed E-state index contributed by atoms with van der Waals surface area (Å²) in [4.78, 5) is 0. The first-order valence-corrected chi connectivity index (χ1v) is 7.54. The van der Waals surface area contributed by atoms with Crippen molar-refractivity contribution in [3.8, 4) is 0 Å². The van der Waals surface area contributed by atoms with E-state index in [4.69, 9.17) is 0 Å². The second-order valence-electron chi connectivity index (χ2n) is 6.09. The van der Waals surface area contributed by atoms with Gasteiger partial charge in [-0.1, -0.05) is 52.2 Å². The molecular weight excluding hydrogens is 206 g/mol. The highest BCUT2D eigenvalue weighted by molar-refractivity contribution is 5.09. The molecule has 0 spiro atoms. The molecule has 0 amide bonds. The van der Waals surface area contributed by atoms with Crippen molar-refractivity contribution < 1.29 is 0 Å². The first-order chi connectivity index (χ1) is 8.13. The Morgan fingerprint density at radius 1 is 1.24 bits per heavy atom. The molecule has 0 aromatic heterocycles. The Hall–Kier alpha value is -0.300. The first-order valence-electron chi connectivity index (χ1n) is 7.54. The molecule has 17 heavy (non-hydrogen) atoms. The Labute approximate surface area is 108 Å². The average Bonchev–Trinajstić information content (AvgIpc) is 2.30. The minimum atomic E-state index is 0.693. The van der Waals surface area contributed by atoms with Crippen molar-refractivity contribution in [2.24, 2.45) is 17.8 Å². The van der Waals surface area contributed by atoms with Crippen LogP contribution in [-0.2, 0) is 0 Å². The number of hydrogen-bond donors (Lipinski definition) is 1. The van der Waals surface area contributed by atoms with Crippen LogP contribution in [-0.4, -0.2) is 13.1 Å². The van der Waals surface area contributed by atoms with Gasteiger partial charge in [0.15, 0.2) is 0 Å². The second kappa shape index (κ2) is 7.92. The van der Waals surface area contributed by atoms with Gasteiger partial charge in [0.25, 0.3) is 0 Å². The summed E-state index contributed by atoms with van der Waals surface area (Å²) in [7, 11) is 0. The quantitative estimate of drug-likeness (QED) is 0.533. The molecule has 1 aliphatic rings. The number of hydrogen-bond acceptors (Lipinski definition) is 1. The van der Waals surface area contributed by atoms with Crippen LogP contribution in [0.15, 0.2) is 11.6 Å². The molecule has 1 heteroatoms. The summed E-state index contributed by atoms with van der Waals surface area (Å²) in [5.74, 6) is 2.51. The molecule has 0 atom stereocenters. The van der Waals surface area contributed by atoms with Crippen LogP contribution in [0.1, 0.15) is 59.8 Å². The molecule has 0 unspecified atom stereocenters. The van der Waals surface area contributed by atoms with Crippen LogP contribution in [0.2, 0.25) is 0 Å². The molecule has 0 aromatic carbocycles. The molecule has 0 bridgehead atoms. The van der Waals surface area contributed by atoms with Crippen molar-refractivity contribution in [2.45, 2.75) is 59.8 Å². The fraction of sp³-hybridized carbons (Fsp3) is 0.875. The predicted octanol–water partition coefficient (Wildman–Crippen LogP) is 4.39. The Morgan fingerprint density at radius 2 is 1.88 bits per heavy atom. The van der Waals surface area contributed by atoms with Crippen LogP contribution < -0.4 is 5.32 Å². The van der Waals surface area contributed by atoms with E-state index in [0.717, 1.165) is 24.9 Å². The maximum absolute atomic E-state index is 3.55. The Balaban J connectivity index is 2.45. The van der Waals surface area contributed by atoms with Gasteiger partial charge < -0.3 is 5.32 Å². The summed E-state index contributed by atoms with van der Waals surface area (Å²) in [6.07, 6.45) is 9.48. The van der Waals surface area contributed by atoms with Crippen molar-refractivity contribution in [3.63, 3.8) is 0 Å². The van der Waals surface area contributed by atoms with Crippen LogP contribution >= 0.6 is 0 Å². The minimum absolute atomic E-state index is 0.693. The monoisotopic (exact) mass is 237 g/mol. The van der Waals surface area contributed by atoms with E-state index in [0.29, 0.717) is 5.92 Å². The fourth-order valence-electron chi connectivity index (χ4n) is 2.62. The van der Waals surface area contributed by atoms with Crippen LogP contribution in [0.5, 0.6) is 0 Å². The van der Waals surface area contributed by atoms with Crippen LogP contribution in [0.25, 0.3) is 0 Å². The lowest BCUT2D eigenvalue weighted by Crippen LogP contribution is -2.21. The van der Waals surface area contributed by atoms with Gasteiger partial charge in [-0.05, 0) is 43.6 Å². The third-order valence-corrected chi connectivity index (χ3v) is 4.01. The lowest BCUT2D eigenvalue weighted by molar-refractivity contribution is 0.328. The second-order valence-corrected chi connectivity index (χ2v) is 6.09. The van der Waals surface area contributed by atoms with Crippen LogP contribution in [0.4, 0.5) is 0 Å². The number of rotatable bonds is 6. The summed E-state index contributed by atoms with van der Waals surface area (Å²) in [5, 5.41) is 3.55. The maximum atomic E-state index is 3.55. The SMILES string of the molecule is CCCNC/C(=C\C1CCC(C)CC1)C(C)C. The number of nitrogens with one attached hydrogen (secondary N) is 1. The highest BCUT2D eigenvalue weighted by Crippen LogP contribution is 2.30. The van der Waals surface area contributed by atoms with Crippen LogP contribution in [0.3, 0.4) is 0 Å². The van der Waals surface area contributed by atoms with E-state index in [2.05, 4.69) is 39.1 Å². The van der Waals surface area contributed by atoms with Gasteiger partial charge in [-0.15, -0.1) is 0 Å². The molecule has 1 rings (SSSR count). The third kappa shape index (κ3) is 5.72. The molecule has 100 valence electrons. The van der Waals surface area contributed by atoms with Gasteiger partial charge in [-0.25, -0.2) is 0 Å². The van der Waals surface area contributed by atoms with Gasteiger partial charge in [0.05, 0.1) is 0 Å². The van der Waals surface area contributed by atoms with Crippen molar-refractivity contribution in [2.75, 3.05) is 13.1 Å². The Morgan fingerprint density at radius 3 is 2.41 bits per heavy atom. The van der Waals surface area contributed by atoms with E-state index in [1.54, 1.807) is 5.57 Å². The van der Waals surface area contributed by atoms with Gasteiger partial charge in [0, 0.05) is 6.54 Å². The summed E-state index contributed by atoms with van der Waals surface area (Å²) in [5.41, 5.74) is 1.62. The highest BCUT2D eigenvalue weighted by Gasteiger charge is 2.17. The van der Waals surface area contributed by atoms with Crippen molar-refractivity contribution in [3.05, 3.63) is 11.6 Å². The van der Waals surface area contributed by atoms with Crippen molar-refractivity contribution in [1.29, 1.82) is 0 Å². The van der Waals surface area contributed by atoms with E-state index in [1.807, 2.05) is 0 Å². The zero-order valence-corrected chi connectivity index (χ0v) is 12.3. The van der Waals surface area contributed by atoms with Gasteiger partial charge in [0.1, 0.15) is 0 Å². The average molecular weight is 237 g/mol. The summed E-state index contributed by atoms with van der Waals surface area (Å²) in [6, 6.07) is 0. The van der Waals surface area contributed by atoms with Crippen molar-refractivity contribution >= 4 is 0 Å². The molecule has 0 radical (unpaired) electrons. The topological polar surface area (TPSA) is 12.0 Å². The summed E-state index contributed by atoms with van der Waals surface area (Å²) < 4.78 is 0. The standard InChI is InChI=1S/C16H31N/c1-5-10-17-12-16(13(2)3)11-15-8-6-14(4)7-9-15/h11,13-15,17H,5-10,12H2,1-4H3/b16-11+. The zero-order chi connectivity index (χ0) is 12.7. The zero-order valence-electron chi connectivity index (χ0n) is 12.3. The first kappa shape index (κ1) is 14.8. The van der Waals surface area contributed by atoms with E-state index >= 15 is 0 Å². The van der Waals surface area contributed by atoms with Gasteiger partial charge in [-0.2, -0.15) is 0 Å². The van der Waals surface area contributed by atoms with Crippen molar-refractivity contribution in [1.82, 2.24) is 5.32 Å². The lowest BCUT2D eigenvalue weighted by Gasteiger charge is -2.25. The number of allylic oxidation sites excluding steroid dienone is 1. The van der Waals surface area contributed by atoms with Gasteiger partial charge in [-0.3, -0.25) is 0 Å². The molecule has 1 aliphatic carbocycles. The largest absolute Gasteiger partial charge is 0.313 e.